The Balaban J connectivity index is 1.52. The molecule has 1 aromatic carbocycles. The minimum Gasteiger partial charge on any atom is -0.368 e. The predicted octanol–water partition coefficient (Wildman–Crippen LogP) is 1.99. The number of hydrogen-bond donors (Lipinski definition) is 1. The Labute approximate surface area is 163 Å². The zero-order chi connectivity index (χ0) is 19.6. The minimum atomic E-state index is -0.579. The van der Waals surface area contributed by atoms with Gasteiger partial charge in [-0.05, 0) is 50.9 Å². The minimum absolute atomic E-state index is 0.235. The van der Waals surface area contributed by atoms with Crippen LogP contribution in [-0.4, -0.2) is 57.7 Å². The molecule has 2 aliphatic rings. The van der Waals surface area contributed by atoms with E-state index in [1.165, 1.54) is 24.8 Å². The highest BCUT2D eigenvalue weighted by atomic mass is 19.1. The van der Waals surface area contributed by atoms with Gasteiger partial charge in [0.05, 0.1) is 11.9 Å². The lowest BCUT2D eigenvalue weighted by molar-refractivity contribution is -0.132. The highest BCUT2D eigenvalue weighted by Crippen LogP contribution is 2.32. The van der Waals surface area contributed by atoms with Crippen molar-refractivity contribution in [3.8, 4) is 11.3 Å². The van der Waals surface area contributed by atoms with E-state index in [9.17, 15) is 9.18 Å². The quantitative estimate of drug-likeness (QED) is 0.867. The van der Waals surface area contributed by atoms with Crippen LogP contribution < -0.4 is 10.6 Å². The first-order valence-electron chi connectivity index (χ1n) is 9.84. The van der Waals surface area contributed by atoms with Crippen LogP contribution >= 0.6 is 0 Å². The zero-order valence-corrected chi connectivity index (χ0v) is 15.9. The van der Waals surface area contributed by atoms with Crippen LogP contribution in [0.4, 0.5) is 10.3 Å². The van der Waals surface area contributed by atoms with Gasteiger partial charge in [-0.1, -0.05) is 18.6 Å². The molecule has 148 valence electrons. The number of piperidine rings is 2. The number of carbonyl (C=O) groups excluding carboxylic acids is 1. The standard InChI is InChI=1S/C20H25FN6O/c21-16-6-4-5-15(13-16)17-14-23-25-19(24-17)26-11-7-20(8-12-26,18(22)28)27-9-2-1-3-10-27/h4-6,13-14H,1-3,7-12H2,(H2,22,28). The Morgan fingerprint density at radius 1 is 1.11 bits per heavy atom. The Morgan fingerprint density at radius 2 is 1.86 bits per heavy atom. The van der Waals surface area contributed by atoms with E-state index in [-0.39, 0.29) is 11.7 Å². The molecule has 2 aliphatic heterocycles. The second-order valence-electron chi connectivity index (χ2n) is 7.58. The van der Waals surface area contributed by atoms with Gasteiger partial charge in [0.2, 0.25) is 11.9 Å². The largest absolute Gasteiger partial charge is 0.368 e. The lowest BCUT2D eigenvalue weighted by Gasteiger charge is -2.48. The summed E-state index contributed by atoms with van der Waals surface area (Å²) in [4.78, 5) is 21.2. The number of nitrogens with zero attached hydrogens (tertiary/aromatic N) is 5. The van der Waals surface area contributed by atoms with E-state index in [1.807, 2.05) is 4.90 Å². The van der Waals surface area contributed by atoms with Crippen molar-refractivity contribution in [3.63, 3.8) is 0 Å². The number of halogens is 1. The van der Waals surface area contributed by atoms with Crippen molar-refractivity contribution >= 4 is 11.9 Å². The fraction of sp³-hybridized carbons (Fsp3) is 0.500. The summed E-state index contributed by atoms with van der Waals surface area (Å²) in [5.74, 6) is -0.0523. The molecule has 2 saturated heterocycles. The first-order valence-corrected chi connectivity index (χ1v) is 9.84. The summed E-state index contributed by atoms with van der Waals surface area (Å²) in [6, 6.07) is 6.26. The molecule has 0 saturated carbocycles. The molecule has 4 rings (SSSR count). The summed E-state index contributed by atoms with van der Waals surface area (Å²) in [6.45, 7) is 3.12. The van der Waals surface area contributed by atoms with Crippen LogP contribution in [0.25, 0.3) is 11.3 Å². The fourth-order valence-corrected chi connectivity index (χ4v) is 4.33. The molecule has 1 amide bonds. The second-order valence-corrected chi connectivity index (χ2v) is 7.58. The van der Waals surface area contributed by atoms with Gasteiger partial charge in [-0.3, -0.25) is 9.69 Å². The van der Waals surface area contributed by atoms with Crippen LogP contribution in [0.15, 0.2) is 30.5 Å². The molecular formula is C20H25FN6O. The van der Waals surface area contributed by atoms with E-state index >= 15 is 0 Å². The molecule has 28 heavy (non-hydrogen) atoms. The summed E-state index contributed by atoms with van der Waals surface area (Å²) in [5, 5.41) is 8.21. The number of carbonyl (C=O) groups is 1. The lowest BCUT2D eigenvalue weighted by Crippen LogP contribution is -2.63. The molecule has 8 heteroatoms. The summed E-state index contributed by atoms with van der Waals surface area (Å²) in [5.41, 5.74) is 6.51. The maximum atomic E-state index is 13.5. The monoisotopic (exact) mass is 384 g/mol. The van der Waals surface area contributed by atoms with Gasteiger partial charge >= 0.3 is 0 Å². The summed E-state index contributed by atoms with van der Waals surface area (Å²) >= 11 is 0. The molecule has 2 N–H and O–H groups in total. The normalized spacial score (nSPS) is 20.1. The molecular weight excluding hydrogens is 359 g/mol. The molecule has 1 aromatic heterocycles. The third-order valence-corrected chi connectivity index (χ3v) is 5.96. The summed E-state index contributed by atoms with van der Waals surface area (Å²) in [7, 11) is 0. The van der Waals surface area contributed by atoms with Crippen molar-refractivity contribution in [2.24, 2.45) is 5.73 Å². The smallest absolute Gasteiger partial charge is 0.245 e. The van der Waals surface area contributed by atoms with Gasteiger partial charge in [-0.15, -0.1) is 5.10 Å². The number of aromatic nitrogens is 3. The average molecular weight is 384 g/mol. The number of nitrogens with two attached hydrogens (primary N) is 1. The van der Waals surface area contributed by atoms with E-state index in [0.717, 1.165) is 25.9 Å². The SMILES string of the molecule is NC(=O)C1(N2CCCCC2)CCN(c2nncc(-c3cccc(F)c3)n2)CC1. The molecule has 3 heterocycles. The van der Waals surface area contributed by atoms with E-state index in [2.05, 4.69) is 20.1 Å². The third kappa shape index (κ3) is 3.56. The number of primary amides is 1. The maximum Gasteiger partial charge on any atom is 0.245 e. The van der Waals surface area contributed by atoms with Crippen molar-refractivity contribution in [3.05, 3.63) is 36.3 Å². The third-order valence-electron chi connectivity index (χ3n) is 5.96. The maximum absolute atomic E-state index is 13.5. The van der Waals surface area contributed by atoms with Crippen molar-refractivity contribution in [2.45, 2.75) is 37.6 Å². The Bertz CT molecular complexity index is 846. The van der Waals surface area contributed by atoms with E-state index in [4.69, 9.17) is 5.73 Å². The molecule has 0 aliphatic carbocycles. The van der Waals surface area contributed by atoms with Crippen molar-refractivity contribution in [1.82, 2.24) is 20.1 Å². The van der Waals surface area contributed by atoms with Crippen LogP contribution in [-0.2, 0) is 4.79 Å². The van der Waals surface area contributed by atoms with Crippen molar-refractivity contribution < 1.29 is 9.18 Å². The molecule has 0 bridgehead atoms. The van der Waals surface area contributed by atoms with Crippen LogP contribution in [0.5, 0.6) is 0 Å². The Morgan fingerprint density at radius 3 is 2.54 bits per heavy atom. The number of hydrogen-bond acceptors (Lipinski definition) is 6. The van der Waals surface area contributed by atoms with Gasteiger partial charge in [0.25, 0.3) is 0 Å². The van der Waals surface area contributed by atoms with E-state index < -0.39 is 5.54 Å². The number of likely N-dealkylation sites (tertiary alicyclic amines) is 1. The van der Waals surface area contributed by atoms with E-state index in [1.54, 1.807) is 12.1 Å². The molecule has 0 atom stereocenters. The van der Waals surface area contributed by atoms with Gasteiger partial charge in [0, 0.05) is 18.7 Å². The van der Waals surface area contributed by atoms with Crippen LogP contribution in [0.2, 0.25) is 0 Å². The topological polar surface area (TPSA) is 88.2 Å². The van der Waals surface area contributed by atoms with Gasteiger partial charge < -0.3 is 10.6 Å². The van der Waals surface area contributed by atoms with E-state index in [0.29, 0.717) is 43.1 Å². The van der Waals surface area contributed by atoms with Crippen molar-refractivity contribution in [1.29, 1.82) is 0 Å². The molecule has 0 spiro atoms. The fourth-order valence-electron chi connectivity index (χ4n) is 4.33. The highest BCUT2D eigenvalue weighted by Gasteiger charge is 2.45. The average Bonchev–Trinajstić information content (AvgIpc) is 2.74. The molecule has 2 aromatic rings. The summed E-state index contributed by atoms with van der Waals surface area (Å²) < 4.78 is 13.5. The van der Waals surface area contributed by atoms with Crippen LogP contribution in [0.1, 0.15) is 32.1 Å². The Kier molecular flexibility index (Phi) is 5.21. The van der Waals surface area contributed by atoms with Gasteiger partial charge in [0.1, 0.15) is 11.4 Å². The van der Waals surface area contributed by atoms with Crippen LogP contribution in [0, 0.1) is 5.82 Å². The number of amides is 1. The zero-order valence-electron chi connectivity index (χ0n) is 15.9. The summed E-state index contributed by atoms with van der Waals surface area (Å²) in [6.07, 6.45) is 6.27. The number of rotatable bonds is 4. The predicted molar refractivity (Wildman–Crippen MR) is 104 cm³/mol. The second kappa shape index (κ2) is 7.79. The number of benzene rings is 1. The highest BCUT2D eigenvalue weighted by molar-refractivity contribution is 5.85. The number of anilines is 1. The Hall–Kier alpha value is -2.61. The first-order chi connectivity index (χ1) is 13.6. The van der Waals surface area contributed by atoms with Crippen LogP contribution in [0.3, 0.4) is 0 Å². The van der Waals surface area contributed by atoms with Gasteiger partial charge in [-0.2, -0.15) is 5.10 Å². The lowest BCUT2D eigenvalue weighted by atomic mass is 9.83. The molecule has 0 radical (unpaired) electrons. The van der Waals surface area contributed by atoms with Crippen molar-refractivity contribution in [2.75, 3.05) is 31.1 Å². The van der Waals surface area contributed by atoms with Gasteiger partial charge in [0.15, 0.2) is 0 Å². The molecule has 7 nitrogen and oxygen atoms in total. The first kappa shape index (κ1) is 18.7. The molecule has 0 unspecified atom stereocenters. The van der Waals surface area contributed by atoms with Gasteiger partial charge in [-0.25, -0.2) is 9.37 Å². The molecule has 2 fully saturated rings.